The summed E-state index contributed by atoms with van der Waals surface area (Å²) in [5.41, 5.74) is 0. The largest absolute Gasteiger partial charge is 0.461 e. The van der Waals surface area contributed by atoms with Crippen molar-refractivity contribution < 1.29 is 28.2 Å². The number of rotatable bonds is 4. The van der Waals surface area contributed by atoms with E-state index in [1.807, 2.05) is 0 Å². The van der Waals surface area contributed by atoms with Crippen LogP contribution < -0.4 is 0 Å². The van der Waals surface area contributed by atoms with Gasteiger partial charge in [0.15, 0.2) is 6.10 Å². The number of hydrogen-bond donors (Lipinski definition) is 1. The average molecular weight is 224 g/mol. The Morgan fingerprint density at radius 2 is 2.40 bits per heavy atom. The van der Waals surface area contributed by atoms with Crippen molar-refractivity contribution in [1.82, 2.24) is 0 Å². The van der Waals surface area contributed by atoms with Gasteiger partial charge in [0, 0.05) is 6.61 Å². The summed E-state index contributed by atoms with van der Waals surface area (Å²) in [4.78, 5) is 10.9. The first-order valence-electron chi connectivity index (χ1n) is 4.84. The van der Waals surface area contributed by atoms with Crippen molar-refractivity contribution in [3.63, 3.8) is 0 Å². The van der Waals surface area contributed by atoms with Gasteiger partial charge < -0.3 is 14.6 Å². The molecule has 88 valence electrons. The van der Waals surface area contributed by atoms with Crippen LogP contribution in [0.25, 0.3) is 0 Å². The number of ether oxygens (including phenoxy) is 2. The molecule has 0 spiro atoms. The third-order valence-corrected chi connectivity index (χ3v) is 2.24. The highest BCUT2D eigenvalue weighted by molar-refractivity contribution is 5.78. The fourth-order valence-electron chi connectivity index (χ4n) is 1.43. The van der Waals surface area contributed by atoms with Gasteiger partial charge in [0.05, 0.1) is 12.7 Å². The molecule has 0 aromatic carbocycles. The van der Waals surface area contributed by atoms with Crippen molar-refractivity contribution in [2.45, 2.75) is 37.9 Å². The molecule has 1 rings (SSSR count). The Labute approximate surface area is 86.2 Å². The maximum absolute atomic E-state index is 13.2. The molecule has 1 heterocycles. The zero-order chi connectivity index (χ0) is 11.5. The number of carbonyl (C=O) groups is 1. The van der Waals surface area contributed by atoms with Crippen molar-refractivity contribution in [2.24, 2.45) is 0 Å². The van der Waals surface area contributed by atoms with Gasteiger partial charge in [0.1, 0.15) is 0 Å². The standard InChI is InChI=1S/C9H14F2O4/c1-2-14-8(13)9(10,11)7(12)6-4-3-5-15-6/h6-7,12H,2-5H2,1H3. The third kappa shape index (κ3) is 2.63. The van der Waals surface area contributed by atoms with Crippen LogP contribution in [0.5, 0.6) is 0 Å². The molecule has 1 aliphatic heterocycles. The Kier molecular flexibility index (Phi) is 3.98. The van der Waals surface area contributed by atoms with Crippen LogP contribution in [-0.4, -0.2) is 42.4 Å². The topological polar surface area (TPSA) is 55.8 Å². The van der Waals surface area contributed by atoms with E-state index >= 15 is 0 Å². The zero-order valence-electron chi connectivity index (χ0n) is 8.41. The number of hydrogen-bond acceptors (Lipinski definition) is 4. The average Bonchev–Trinajstić information content (AvgIpc) is 2.69. The Bertz CT molecular complexity index is 226. The molecule has 2 unspecified atom stereocenters. The zero-order valence-corrected chi connectivity index (χ0v) is 8.41. The molecule has 6 heteroatoms. The minimum atomic E-state index is -3.90. The Balaban J connectivity index is 2.62. The first-order chi connectivity index (χ1) is 7.00. The van der Waals surface area contributed by atoms with E-state index in [0.29, 0.717) is 19.4 Å². The second-order valence-corrected chi connectivity index (χ2v) is 3.34. The maximum atomic E-state index is 13.2. The summed E-state index contributed by atoms with van der Waals surface area (Å²) in [6.45, 7) is 1.61. The van der Waals surface area contributed by atoms with Crippen molar-refractivity contribution in [3.05, 3.63) is 0 Å². The smallest absolute Gasteiger partial charge is 0.379 e. The van der Waals surface area contributed by atoms with Crippen LogP contribution in [-0.2, 0) is 14.3 Å². The van der Waals surface area contributed by atoms with E-state index in [2.05, 4.69) is 4.74 Å². The molecule has 1 fully saturated rings. The van der Waals surface area contributed by atoms with Gasteiger partial charge >= 0.3 is 11.9 Å². The lowest BCUT2D eigenvalue weighted by atomic mass is 10.0. The summed E-state index contributed by atoms with van der Waals surface area (Å²) in [7, 11) is 0. The van der Waals surface area contributed by atoms with E-state index in [9.17, 15) is 18.7 Å². The molecule has 0 aromatic heterocycles. The summed E-state index contributed by atoms with van der Waals surface area (Å²) in [6, 6.07) is 0. The lowest BCUT2D eigenvalue weighted by Gasteiger charge is -2.24. The van der Waals surface area contributed by atoms with Crippen LogP contribution in [0.15, 0.2) is 0 Å². The molecular weight excluding hydrogens is 210 g/mol. The van der Waals surface area contributed by atoms with Gasteiger partial charge in [-0.3, -0.25) is 0 Å². The molecule has 4 nitrogen and oxygen atoms in total. The van der Waals surface area contributed by atoms with Crippen molar-refractivity contribution in [2.75, 3.05) is 13.2 Å². The fraction of sp³-hybridized carbons (Fsp3) is 0.889. The monoisotopic (exact) mass is 224 g/mol. The van der Waals surface area contributed by atoms with E-state index < -0.39 is 24.1 Å². The van der Waals surface area contributed by atoms with Gasteiger partial charge in [-0.2, -0.15) is 8.78 Å². The van der Waals surface area contributed by atoms with E-state index in [1.165, 1.54) is 6.92 Å². The minimum Gasteiger partial charge on any atom is -0.461 e. The highest BCUT2D eigenvalue weighted by atomic mass is 19.3. The molecule has 2 atom stereocenters. The summed E-state index contributed by atoms with van der Waals surface area (Å²) in [5, 5.41) is 9.30. The highest BCUT2D eigenvalue weighted by Gasteiger charge is 2.52. The summed E-state index contributed by atoms with van der Waals surface area (Å²) >= 11 is 0. The first-order valence-corrected chi connectivity index (χ1v) is 4.84. The molecule has 0 bridgehead atoms. The predicted molar refractivity (Wildman–Crippen MR) is 46.6 cm³/mol. The first kappa shape index (κ1) is 12.3. The number of esters is 1. The second kappa shape index (κ2) is 4.85. The van der Waals surface area contributed by atoms with Gasteiger partial charge in [-0.1, -0.05) is 0 Å². The van der Waals surface area contributed by atoms with E-state index in [4.69, 9.17) is 4.74 Å². The van der Waals surface area contributed by atoms with Gasteiger partial charge in [-0.05, 0) is 19.8 Å². The van der Waals surface area contributed by atoms with Crippen LogP contribution >= 0.6 is 0 Å². The molecule has 0 aliphatic carbocycles. The molecule has 1 N–H and O–H groups in total. The van der Waals surface area contributed by atoms with Crippen molar-refractivity contribution in [3.8, 4) is 0 Å². The van der Waals surface area contributed by atoms with Crippen molar-refractivity contribution in [1.29, 1.82) is 0 Å². The van der Waals surface area contributed by atoms with Gasteiger partial charge in [-0.15, -0.1) is 0 Å². The van der Waals surface area contributed by atoms with Gasteiger partial charge in [0.25, 0.3) is 0 Å². The summed E-state index contributed by atoms with van der Waals surface area (Å²) < 4.78 is 35.6. The quantitative estimate of drug-likeness (QED) is 0.715. The number of aliphatic hydroxyl groups excluding tert-OH is 1. The van der Waals surface area contributed by atoms with E-state index in [0.717, 1.165) is 0 Å². The molecular formula is C9H14F2O4. The summed E-state index contributed by atoms with van der Waals surface area (Å²) in [5.74, 6) is -5.60. The Morgan fingerprint density at radius 3 is 2.87 bits per heavy atom. The molecule has 0 radical (unpaired) electrons. The lowest BCUT2D eigenvalue weighted by molar-refractivity contribution is -0.200. The number of aliphatic hydroxyl groups is 1. The van der Waals surface area contributed by atoms with Gasteiger partial charge in [-0.25, -0.2) is 4.79 Å². The highest BCUT2D eigenvalue weighted by Crippen LogP contribution is 2.28. The molecule has 15 heavy (non-hydrogen) atoms. The molecule has 0 saturated carbocycles. The normalized spacial score (nSPS) is 23.9. The lowest BCUT2D eigenvalue weighted by Crippen LogP contribution is -2.48. The second-order valence-electron chi connectivity index (χ2n) is 3.34. The third-order valence-electron chi connectivity index (χ3n) is 2.24. The summed E-state index contributed by atoms with van der Waals surface area (Å²) in [6.07, 6.45) is -2.17. The molecule has 0 amide bonds. The number of halogens is 2. The fourth-order valence-corrected chi connectivity index (χ4v) is 1.43. The SMILES string of the molecule is CCOC(=O)C(F)(F)C(O)C1CCCO1. The molecule has 1 aliphatic rings. The minimum absolute atomic E-state index is 0.146. The molecule has 0 aromatic rings. The van der Waals surface area contributed by atoms with E-state index in [-0.39, 0.29) is 6.61 Å². The molecule has 1 saturated heterocycles. The van der Waals surface area contributed by atoms with Crippen LogP contribution in [0.3, 0.4) is 0 Å². The Morgan fingerprint density at radius 1 is 1.73 bits per heavy atom. The number of alkyl halides is 2. The number of carbonyl (C=O) groups excluding carboxylic acids is 1. The van der Waals surface area contributed by atoms with Crippen molar-refractivity contribution >= 4 is 5.97 Å². The van der Waals surface area contributed by atoms with Crippen LogP contribution in [0.4, 0.5) is 8.78 Å². The maximum Gasteiger partial charge on any atom is 0.379 e. The van der Waals surface area contributed by atoms with Crippen LogP contribution in [0.2, 0.25) is 0 Å². The van der Waals surface area contributed by atoms with Gasteiger partial charge in [0.2, 0.25) is 0 Å². The van der Waals surface area contributed by atoms with Crippen LogP contribution in [0, 0.1) is 0 Å². The Hall–Kier alpha value is -0.750. The van der Waals surface area contributed by atoms with Crippen LogP contribution in [0.1, 0.15) is 19.8 Å². The predicted octanol–water partition coefficient (Wildman–Crippen LogP) is 0.725. The van der Waals surface area contributed by atoms with E-state index in [1.54, 1.807) is 0 Å².